The minimum Gasteiger partial charge on any atom is -0.411 e. The Balaban J connectivity index is 1.30. The molecular weight excluding hydrogens is 350 g/mol. The van der Waals surface area contributed by atoms with Crippen molar-refractivity contribution in [2.75, 3.05) is 32.4 Å². The first kappa shape index (κ1) is 17.5. The van der Waals surface area contributed by atoms with Crippen LogP contribution in [0.25, 0.3) is 11.5 Å². The lowest BCUT2D eigenvalue weighted by atomic mass is 9.95. The van der Waals surface area contributed by atoms with Gasteiger partial charge in [-0.1, -0.05) is 11.8 Å². The molecule has 0 spiro atoms. The van der Waals surface area contributed by atoms with E-state index in [1.807, 2.05) is 12.1 Å². The summed E-state index contributed by atoms with van der Waals surface area (Å²) in [7, 11) is 2.16. The molecule has 0 unspecified atom stereocenters. The summed E-state index contributed by atoms with van der Waals surface area (Å²) in [5, 5.41) is 8.62. The second-order valence-electron chi connectivity index (χ2n) is 7.07. The van der Waals surface area contributed by atoms with Crippen LogP contribution in [0.2, 0.25) is 0 Å². The van der Waals surface area contributed by atoms with Gasteiger partial charge in [0.2, 0.25) is 11.8 Å². The van der Waals surface area contributed by atoms with Crippen LogP contribution in [0.3, 0.4) is 0 Å². The van der Waals surface area contributed by atoms with Crippen LogP contribution in [0.1, 0.15) is 19.3 Å². The fourth-order valence-electron chi connectivity index (χ4n) is 3.87. The van der Waals surface area contributed by atoms with E-state index in [1.54, 1.807) is 12.4 Å². The molecule has 5 rings (SSSR count). The molecule has 3 aliphatic heterocycles. The predicted octanol–water partition coefficient (Wildman–Crippen LogP) is 2.17. The summed E-state index contributed by atoms with van der Waals surface area (Å²) in [5.74, 6) is 2.00. The van der Waals surface area contributed by atoms with Gasteiger partial charge in [-0.15, -0.1) is 10.2 Å². The maximum atomic E-state index is 12.7. The Morgan fingerprint density at radius 2 is 2.08 bits per heavy atom. The molecule has 3 fully saturated rings. The molecule has 5 heterocycles. The molecule has 3 aliphatic rings. The molecule has 7 nitrogen and oxygen atoms in total. The molecule has 1 amide bonds. The topological polar surface area (TPSA) is 75.4 Å². The molecule has 138 valence electrons. The van der Waals surface area contributed by atoms with Gasteiger partial charge in [-0.05, 0) is 37.9 Å². The van der Waals surface area contributed by atoms with E-state index >= 15 is 0 Å². The van der Waals surface area contributed by atoms with Gasteiger partial charge in [0, 0.05) is 55.8 Å². The number of carbonyl (C=O) groups excluding carboxylic acids is 1. The molecule has 0 saturated carbocycles. The molecule has 0 radical (unpaired) electrons. The molecule has 2 aromatic heterocycles. The molecular formula is C18H23N5O2S. The van der Waals surface area contributed by atoms with E-state index in [-0.39, 0.29) is 5.91 Å². The molecule has 26 heavy (non-hydrogen) atoms. The fraction of sp³-hybridized carbons (Fsp3) is 0.556. The summed E-state index contributed by atoms with van der Waals surface area (Å²) in [6, 6.07) is 4.03. The number of fused-ring (bicyclic) bond motifs is 4. The highest BCUT2D eigenvalue weighted by molar-refractivity contribution is 7.99. The predicted molar refractivity (Wildman–Crippen MR) is 98.6 cm³/mol. The summed E-state index contributed by atoms with van der Waals surface area (Å²) in [6.07, 6.45) is 6.26. The number of hydrogen-bond acceptors (Lipinski definition) is 7. The van der Waals surface area contributed by atoms with E-state index in [1.165, 1.54) is 18.2 Å². The zero-order valence-electron chi connectivity index (χ0n) is 14.9. The second-order valence-corrected chi connectivity index (χ2v) is 8.12. The van der Waals surface area contributed by atoms with E-state index in [4.69, 9.17) is 4.42 Å². The minimum absolute atomic E-state index is 0.247. The third kappa shape index (κ3) is 3.91. The maximum absolute atomic E-state index is 12.7. The first-order valence-corrected chi connectivity index (χ1v) is 10.0. The van der Waals surface area contributed by atoms with Crippen LogP contribution in [0, 0.1) is 5.92 Å². The average molecular weight is 373 g/mol. The van der Waals surface area contributed by atoms with Gasteiger partial charge in [0.25, 0.3) is 5.22 Å². The first-order chi connectivity index (χ1) is 12.7. The Hall–Kier alpha value is -1.93. The van der Waals surface area contributed by atoms with Gasteiger partial charge >= 0.3 is 0 Å². The number of aromatic nitrogens is 3. The molecule has 2 bridgehead atoms. The molecule has 2 atom stereocenters. The average Bonchev–Trinajstić information content (AvgIpc) is 2.97. The van der Waals surface area contributed by atoms with Crippen LogP contribution in [0.15, 0.2) is 34.2 Å². The fourth-order valence-corrected chi connectivity index (χ4v) is 4.56. The zero-order chi connectivity index (χ0) is 17.9. The summed E-state index contributed by atoms with van der Waals surface area (Å²) in [4.78, 5) is 21.1. The standard InChI is InChI=1S/C18H23N5O2S/c1-22-10-13-2-3-15(12-22)23(11-13)16(24)6-9-26-18-21-20-17(25-18)14-4-7-19-8-5-14/h4-5,7-8,13,15H,2-3,6,9-12H2,1H3/t13-,15+/m0/s1. The van der Waals surface area contributed by atoms with Gasteiger partial charge in [-0.3, -0.25) is 9.78 Å². The Morgan fingerprint density at radius 1 is 1.23 bits per heavy atom. The van der Waals surface area contributed by atoms with Crippen LogP contribution in [0.4, 0.5) is 0 Å². The van der Waals surface area contributed by atoms with Crippen LogP contribution >= 0.6 is 11.8 Å². The Kier molecular flexibility index (Phi) is 5.21. The number of pyridine rings is 1. The van der Waals surface area contributed by atoms with Crippen molar-refractivity contribution in [1.29, 1.82) is 0 Å². The molecule has 0 aliphatic carbocycles. The van der Waals surface area contributed by atoms with Crippen LogP contribution in [-0.4, -0.2) is 69.4 Å². The largest absolute Gasteiger partial charge is 0.411 e. The van der Waals surface area contributed by atoms with Crippen molar-refractivity contribution in [1.82, 2.24) is 25.0 Å². The molecule has 0 N–H and O–H groups in total. The van der Waals surface area contributed by atoms with Crippen molar-refractivity contribution < 1.29 is 9.21 Å². The first-order valence-electron chi connectivity index (χ1n) is 9.04. The van der Waals surface area contributed by atoms with Gasteiger partial charge in [-0.25, -0.2) is 0 Å². The van der Waals surface area contributed by atoms with Crippen LogP contribution < -0.4 is 0 Å². The summed E-state index contributed by atoms with van der Waals surface area (Å²) in [5.41, 5.74) is 0.847. The highest BCUT2D eigenvalue weighted by Crippen LogP contribution is 2.28. The van der Waals surface area contributed by atoms with Crippen molar-refractivity contribution in [3.63, 3.8) is 0 Å². The van der Waals surface area contributed by atoms with Crippen molar-refractivity contribution in [3.05, 3.63) is 24.5 Å². The van der Waals surface area contributed by atoms with E-state index in [0.717, 1.165) is 31.6 Å². The summed E-state index contributed by atoms with van der Waals surface area (Å²) >= 11 is 1.44. The normalized spacial score (nSPS) is 23.2. The van der Waals surface area contributed by atoms with Gasteiger partial charge in [0.15, 0.2) is 0 Å². The van der Waals surface area contributed by atoms with Crippen molar-refractivity contribution in [2.45, 2.75) is 30.5 Å². The molecule has 2 aromatic rings. The molecule has 0 aromatic carbocycles. The number of thioether (sulfide) groups is 1. The third-order valence-corrected chi connectivity index (χ3v) is 5.91. The number of amides is 1. The quantitative estimate of drug-likeness (QED) is 0.744. The number of piperidine rings is 1. The number of carbonyl (C=O) groups is 1. The second kappa shape index (κ2) is 7.75. The van der Waals surface area contributed by atoms with Crippen molar-refractivity contribution >= 4 is 17.7 Å². The summed E-state index contributed by atoms with van der Waals surface area (Å²) < 4.78 is 5.66. The van der Waals surface area contributed by atoms with Crippen LogP contribution in [0.5, 0.6) is 0 Å². The van der Waals surface area contributed by atoms with Gasteiger partial charge in [0.05, 0.1) is 0 Å². The van der Waals surface area contributed by atoms with E-state index in [9.17, 15) is 4.79 Å². The highest BCUT2D eigenvalue weighted by Gasteiger charge is 2.35. The number of likely N-dealkylation sites (N-methyl/N-ethyl adjacent to an activating group) is 1. The Bertz CT molecular complexity index is 753. The summed E-state index contributed by atoms with van der Waals surface area (Å²) in [6.45, 7) is 3.01. The monoisotopic (exact) mass is 373 g/mol. The van der Waals surface area contributed by atoms with Gasteiger partial charge in [0.1, 0.15) is 0 Å². The molecule has 3 saturated heterocycles. The van der Waals surface area contributed by atoms with E-state index in [0.29, 0.717) is 35.2 Å². The Morgan fingerprint density at radius 3 is 2.92 bits per heavy atom. The SMILES string of the molecule is CN1C[C@@H]2CC[C@H](C1)N(C(=O)CCSc1nnc(-c3ccncc3)o1)C2. The Labute approximate surface area is 157 Å². The van der Waals surface area contributed by atoms with Gasteiger partial charge in [-0.2, -0.15) is 0 Å². The van der Waals surface area contributed by atoms with E-state index < -0.39 is 0 Å². The highest BCUT2D eigenvalue weighted by atomic mass is 32.2. The van der Waals surface area contributed by atoms with Crippen LogP contribution in [-0.2, 0) is 4.79 Å². The minimum atomic E-state index is 0.247. The maximum Gasteiger partial charge on any atom is 0.276 e. The smallest absolute Gasteiger partial charge is 0.276 e. The van der Waals surface area contributed by atoms with Gasteiger partial charge < -0.3 is 14.2 Å². The lowest BCUT2D eigenvalue weighted by Crippen LogP contribution is -2.47. The number of rotatable bonds is 5. The molecule has 8 heteroatoms. The number of hydrogen-bond donors (Lipinski definition) is 0. The third-order valence-electron chi connectivity index (χ3n) is 5.09. The lowest BCUT2D eigenvalue weighted by Gasteiger charge is -2.36. The number of nitrogens with zero attached hydrogens (tertiary/aromatic N) is 5. The van der Waals surface area contributed by atoms with Crippen molar-refractivity contribution in [3.8, 4) is 11.5 Å². The zero-order valence-corrected chi connectivity index (χ0v) is 15.7. The lowest BCUT2D eigenvalue weighted by molar-refractivity contribution is -0.134. The van der Waals surface area contributed by atoms with E-state index in [2.05, 4.69) is 32.0 Å². The van der Waals surface area contributed by atoms with Crippen molar-refractivity contribution in [2.24, 2.45) is 5.92 Å².